The molecule has 1 nitrogen and oxygen atoms in total. The molecule has 0 radical (unpaired) electrons. The summed E-state index contributed by atoms with van der Waals surface area (Å²) in [7, 11) is -1.42. The Morgan fingerprint density at radius 2 is 1.81 bits per heavy atom. The smallest absolute Gasteiger partial charge is 0.241 e. The fraction of sp³-hybridized carbons (Fsp3) is 0.857. The lowest BCUT2D eigenvalue weighted by atomic mass is 9.71. The molecule has 94 valence electrons. The molecule has 0 saturated carbocycles. The van der Waals surface area contributed by atoms with E-state index in [4.69, 9.17) is 4.43 Å². The van der Waals surface area contributed by atoms with Crippen LogP contribution < -0.4 is 0 Å². The highest BCUT2D eigenvalue weighted by molar-refractivity contribution is 6.70. The fourth-order valence-electron chi connectivity index (χ4n) is 2.30. The third-order valence-electron chi connectivity index (χ3n) is 3.38. The molecular weight excluding hydrogens is 212 g/mol. The van der Waals surface area contributed by atoms with Crippen molar-refractivity contribution in [2.75, 3.05) is 0 Å². The van der Waals surface area contributed by atoms with Crippen molar-refractivity contribution in [1.82, 2.24) is 0 Å². The molecule has 16 heavy (non-hydrogen) atoms. The molecule has 0 aromatic rings. The summed E-state index contributed by atoms with van der Waals surface area (Å²) in [6, 6.07) is 0. The Bertz CT molecular complexity index is 267. The first-order valence-corrected chi connectivity index (χ1v) is 9.89. The molecule has 1 aliphatic rings. The van der Waals surface area contributed by atoms with Gasteiger partial charge in [-0.1, -0.05) is 27.7 Å². The Morgan fingerprint density at radius 3 is 2.19 bits per heavy atom. The van der Waals surface area contributed by atoms with Gasteiger partial charge in [-0.25, -0.2) is 0 Å². The van der Waals surface area contributed by atoms with Crippen molar-refractivity contribution < 1.29 is 4.43 Å². The van der Waals surface area contributed by atoms with Crippen LogP contribution in [0.25, 0.3) is 0 Å². The van der Waals surface area contributed by atoms with E-state index in [1.54, 1.807) is 0 Å². The number of rotatable bonds is 2. The van der Waals surface area contributed by atoms with Crippen LogP contribution in [0.4, 0.5) is 0 Å². The van der Waals surface area contributed by atoms with E-state index in [0.717, 1.165) is 5.92 Å². The predicted molar refractivity (Wildman–Crippen MR) is 73.9 cm³/mol. The summed E-state index contributed by atoms with van der Waals surface area (Å²) >= 11 is 0. The minimum absolute atomic E-state index is 0.426. The van der Waals surface area contributed by atoms with E-state index in [1.165, 1.54) is 18.6 Å². The van der Waals surface area contributed by atoms with Gasteiger partial charge in [0.15, 0.2) is 0 Å². The maximum Gasteiger partial charge on any atom is 0.241 e. The highest BCUT2D eigenvalue weighted by Crippen LogP contribution is 2.40. The van der Waals surface area contributed by atoms with Crippen LogP contribution in [0.1, 0.15) is 40.5 Å². The molecule has 0 aromatic carbocycles. The highest BCUT2D eigenvalue weighted by Gasteiger charge is 2.31. The van der Waals surface area contributed by atoms with Crippen LogP contribution in [-0.4, -0.2) is 8.32 Å². The second kappa shape index (κ2) is 4.56. The zero-order valence-electron chi connectivity index (χ0n) is 12.1. The van der Waals surface area contributed by atoms with Crippen LogP contribution in [0.5, 0.6) is 0 Å². The number of allylic oxidation sites excluding steroid dienone is 2. The van der Waals surface area contributed by atoms with E-state index in [-0.39, 0.29) is 0 Å². The molecular formula is C14H28OSi. The van der Waals surface area contributed by atoms with Gasteiger partial charge < -0.3 is 4.43 Å². The second-order valence-corrected chi connectivity index (χ2v) is 11.7. The summed E-state index contributed by atoms with van der Waals surface area (Å²) in [6.07, 6.45) is 4.82. The Hall–Kier alpha value is -0.243. The summed E-state index contributed by atoms with van der Waals surface area (Å²) in [5, 5.41) is 0. The largest absolute Gasteiger partial charge is 0.547 e. The highest BCUT2D eigenvalue weighted by atomic mass is 28.4. The van der Waals surface area contributed by atoms with E-state index in [1.807, 2.05) is 0 Å². The van der Waals surface area contributed by atoms with Crippen molar-refractivity contribution in [3.05, 3.63) is 11.8 Å². The molecule has 0 aromatic heterocycles. The molecule has 2 atom stereocenters. The fourth-order valence-corrected chi connectivity index (χ4v) is 3.29. The molecule has 1 aliphatic carbocycles. The monoisotopic (exact) mass is 240 g/mol. The lowest BCUT2D eigenvalue weighted by Gasteiger charge is -2.37. The van der Waals surface area contributed by atoms with Crippen LogP contribution >= 0.6 is 0 Å². The normalized spacial score (nSPS) is 27.6. The predicted octanol–water partition coefficient (Wildman–Crippen LogP) is 4.81. The van der Waals surface area contributed by atoms with Gasteiger partial charge in [0, 0.05) is 5.92 Å². The zero-order valence-corrected chi connectivity index (χ0v) is 13.1. The van der Waals surface area contributed by atoms with Gasteiger partial charge >= 0.3 is 0 Å². The van der Waals surface area contributed by atoms with Crippen molar-refractivity contribution in [3.63, 3.8) is 0 Å². The molecule has 0 aliphatic heterocycles. The minimum Gasteiger partial charge on any atom is -0.547 e. The third-order valence-corrected chi connectivity index (χ3v) is 4.22. The topological polar surface area (TPSA) is 9.23 Å². The first kappa shape index (κ1) is 13.8. The van der Waals surface area contributed by atoms with Gasteiger partial charge in [0.1, 0.15) is 0 Å². The average molecular weight is 240 g/mol. The Kier molecular flexibility index (Phi) is 3.94. The van der Waals surface area contributed by atoms with Gasteiger partial charge in [-0.15, -0.1) is 0 Å². The average Bonchev–Trinajstić information content (AvgIpc) is 2.04. The molecule has 0 heterocycles. The van der Waals surface area contributed by atoms with Gasteiger partial charge in [0.25, 0.3) is 0 Å². The standard InChI is InChI=1S/C14H28OSi/c1-11-10-12(14(2,3)4)8-9-13(11)15-16(5,6)7/h9,11-12H,8,10H2,1-7H3/t11-,12-/m0/s1. The summed E-state index contributed by atoms with van der Waals surface area (Å²) in [5.41, 5.74) is 0.426. The molecule has 2 heteroatoms. The van der Waals surface area contributed by atoms with Crippen LogP contribution in [0.15, 0.2) is 11.8 Å². The van der Waals surface area contributed by atoms with E-state index < -0.39 is 8.32 Å². The molecule has 1 rings (SSSR count). The van der Waals surface area contributed by atoms with Crippen LogP contribution in [0, 0.1) is 17.3 Å². The van der Waals surface area contributed by atoms with E-state index in [2.05, 4.69) is 53.4 Å². The second-order valence-electron chi connectivity index (χ2n) is 7.26. The summed E-state index contributed by atoms with van der Waals surface area (Å²) in [5.74, 6) is 2.67. The number of hydrogen-bond donors (Lipinski definition) is 0. The minimum atomic E-state index is -1.42. The molecule has 0 N–H and O–H groups in total. The summed E-state index contributed by atoms with van der Waals surface area (Å²) in [4.78, 5) is 0. The lowest BCUT2D eigenvalue weighted by molar-refractivity contribution is 0.176. The molecule has 0 saturated heterocycles. The molecule has 0 fully saturated rings. The van der Waals surface area contributed by atoms with Crippen molar-refractivity contribution >= 4 is 8.32 Å². The van der Waals surface area contributed by atoms with E-state index >= 15 is 0 Å². The van der Waals surface area contributed by atoms with E-state index in [0.29, 0.717) is 11.3 Å². The van der Waals surface area contributed by atoms with Crippen molar-refractivity contribution in [3.8, 4) is 0 Å². The Labute approximate surface area is 102 Å². The van der Waals surface area contributed by atoms with Crippen molar-refractivity contribution in [2.45, 2.75) is 60.2 Å². The van der Waals surface area contributed by atoms with Crippen LogP contribution in [-0.2, 0) is 4.43 Å². The first-order chi connectivity index (χ1) is 7.09. The SMILES string of the molecule is C[C@H]1C[C@@H](C(C)(C)C)CC=C1O[Si](C)(C)C. The van der Waals surface area contributed by atoms with Gasteiger partial charge in [-0.05, 0) is 49.9 Å². The molecule has 0 bridgehead atoms. The van der Waals surface area contributed by atoms with Crippen molar-refractivity contribution in [2.24, 2.45) is 17.3 Å². The number of hydrogen-bond acceptors (Lipinski definition) is 1. The zero-order chi connectivity index (χ0) is 12.6. The quantitative estimate of drug-likeness (QED) is 0.629. The summed E-state index contributed by atoms with van der Waals surface area (Å²) in [6.45, 7) is 16.1. The van der Waals surface area contributed by atoms with Crippen LogP contribution in [0.3, 0.4) is 0 Å². The third kappa shape index (κ3) is 3.97. The van der Waals surface area contributed by atoms with Gasteiger partial charge in [0.2, 0.25) is 8.32 Å². The Morgan fingerprint density at radius 1 is 1.25 bits per heavy atom. The van der Waals surface area contributed by atoms with Gasteiger partial charge in [-0.2, -0.15) is 0 Å². The Balaban J connectivity index is 2.69. The first-order valence-electron chi connectivity index (χ1n) is 6.48. The van der Waals surface area contributed by atoms with Crippen LogP contribution in [0.2, 0.25) is 19.6 Å². The van der Waals surface area contributed by atoms with Gasteiger partial charge in [-0.3, -0.25) is 0 Å². The maximum absolute atomic E-state index is 6.15. The van der Waals surface area contributed by atoms with E-state index in [9.17, 15) is 0 Å². The molecule has 0 spiro atoms. The molecule has 0 unspecified atom stereocenters. The summed E-state index contributed by atoms with van der Waals surface area (Å²) < 4.78 is 6.15. The van der Waals surface area contributed by atoms with Gasteiger partial charge in [0.05, 0.1) is 5.76 Å². The van der Waals surface area contributed by atoms with Crippen molar-refractivity contribution in [1.29, 1.82) is 0 Å². The maximum atomic E-state index is 6.15. The molecule has 0 amide bonds. The lowest BCUT2D eigenvalue weighted by Crippen LogP contribution is -2.31.